The van der Waals surface area contributed by atoms with Gasteiger partial charge in [-0.05, 0) is 25.8 Å². The second-order valence-electron chi connectivity index (χ2n) is 6.43. The van der Waals surface area contributed by atoms with Crippen LogP contribution in [0.25, 0.3) is 0 Å². The molecule has 138 valence electrons. The Balaban J connectivity index is 1.87. The molecule has 1 amide bonds. The van der Waals surface area contributed by atoms with E-state index >= 15 is 0 Å². The van der Waals surface area contributed by atoms with Gasteiger partial charge in [0.25, 0.3) is 5.91 Å². The number of carbonyl (C=O) groups excluding carboxylic acids is 1. The first-order valence-corrected chi connectivity index (χ1v) is 8.90. The van der Waals surface area contributed by atoms with E-state index in [9.17, 15) is 4.79 Å². The van der Waals surface area contributed by atoms with E-state index in [0.717, 1.165) is 31.4 Å². The van der Waals surface area contributed by atoms with E-state index in [1.165, 1.54) is 0 Å². The summed E-state index contributed by atoms with van der Waals surface area (Å²) < 4.78 is 0. The van der Waals surface area contributed by atoms with Gasteiger partial charge in [0.05, 0.1) is 17.6 Å². The van der Waals surface area contributed by atoms with Crippen molar-refractivity contribution in [1.29, 1.82) is 0 Å². The molecule has 2 atom stereocenters. The summed E-state index contributed by atoms with van der Waals surface area (Å²) in [6.45, 7) is 1.73. The molecule has 0 spiro atoms. The fourth-order valence-corrected chi connectivity index (χ4v) is 3.35. The number of aromatic nitrogens is 3. The quantitative estimate of drug-likeness (QED) is 0.589. The van der Waals surface area contributed by atoms with E-state index in [2.05, 4.69) is 25.6 Å². The van der Waals surface area contributed by atoms with Crippen molar-refractivity contribution in [2.75, 3.05) is 10.6 Å². The Kier molecular flexibility index (Phi) is 5.53. The minimum absolute atomic E-state index is 0.0966. The van der Waals surface area contributed by atoms with Gasteiger partial charge >= 0.3 is 0 Å². The smallest absolute Gasteiger partial charge is 0.269 e. The molecular weight excluding hydrogens is 354 g/mol. The molecule has 0 radical (unpaired) electrons. The van der Waals surface area contributed by atoms with Gasteiger partial charge in [0, 0.05) is 18.2 Å². The predicted octanol–water partition coefficient (Wildman–Crippen LogP) is 2.36. The molecule has 8 nitrogen and oxygen atoms in total. The summed E-state index contributed by atoms with van der Waals surface area (Å²) in [4.78, 5) is 24.2. The molecule has 0 saturated heterocycles. The lowest BCUT2D eigenvalue weighted by atomic mass is 9.91. The number of anilines is 3. The van der Waals surface area contributed by atoms with Crippen LogP contribution in [0, 0.1) is 6.92 Å². The first-order valence-electron chi connectivity index (χ1n) is 8.52. The molecule has 6 N–H and O–H groups in total. The molecule has 0 unspecified atom stereocenters. The highest BCUT2D eigenvalue weighted by atomic mass is 35.5. The van der Waals surface area contributed by atoms with Crippen LogP contribution in [0.1, 0.15) is 42.0 Å². The number of hydrogen-bond donors (Lipinski definition) is 4. The number of primary amides is 1. The summed E-state index contributed by atoms with van der Waals surface area (Å²) in [5, 5.41) is 6.76. The molecule has 1 saturated carbocycles. The van der Waals surface area contributed by atoms with Gasteiger partial charge in [-0.25, -0.2) is 15.0 Å². The van der Waals surface area contributed by atoms with Gasteiger partial charge in [0.15, 0.2) is 5.69 Å². The van der Waals surface area contributed by atoms with E-state index in [4.69, 9.17) is 23.1 Å². The van der Waals surface area contributed by atoms with E-state index in [-0.39, 0.29) is 17.8 Å². The van der Waals surface area contributed by atoms with E-state index in [1.54, 1.807) is 25.3 Å². The first kappa shape index (κ1) is 18.3. The van der Waals surface area contributed by atoms with Crippen molar-refractivity contribution in [3.05, 3.63) is 35.0 Å². The van der Waals surface area contributed by atoms with Crippen LogP contribution in [-0.4, -0.2) is 32.9 Å². The van der Waals surface area contributed by atoms with Gasteiger partial charge in [0.1, 0.15) is 16.8 Å². The zero-order chi connectivity index (χ0) is 18.7. The van der Waals surface area contributed by atoms with Gasteiger partial charge in [-0.3, -0.25) is 4.79 Å². The molecule has 2 aromatic rings. The highest BCUT2D eigenvalue weighted by Crippen LogP contribution is 2.26. The van der Waals surface area contributed by atoms with Crippen molar-refractivity contribution in [1.82, 2.24) is 15.0 Å². The largest absolute Gasteiger partial charge is 0.379 e. The lowest BCUT2D eigenvalue weighted by Crippen LogP contribution is -2.42. The SMILES string of the molecule is Cc1nc(Cl)cc(Nc2cc(N[C@@H]3CCCC[C@@H]3N)cnc2C(N)=O)n1. The molecule has 26 heavy (non-hydrogen) atoms. The second-order valence-corrected chi connectivity index (χ2v) is 6.82. The van der Waals surface area contributed by atoms with Gasteiger partial charge < -0.3 is 22.1 Å². The Hall–Kier alpha value is -2.45. The number of nitrogens with zero attached hydrogens (tertiary/aromatic N) is 3. The van der Waals surface area contributed by atoms with Gasteiger partial charge in [-0.2, -0.15) is 0 Å². The van der Waals surface area contributed by atoms with Crippen LogP contribution in [0.3, 0.4) is 0 Å². The van der Waals surface area contributed by atoms with Gasteiger partial charge in [-0.1, -0.05) is 24.4 Å². The van der Waals surface area contributed by atoms with Crippen LogP contribution in [0.15, 0.2) is 18.3 Å². The standard InChI is InChI=1S/C17H22ClN7O/c1-9-22-14(18)7-15(23-9)25-13-6-10(8-21-16(13)17(20)26)24-12-5-3-2-4-11(12)19/h6-8,11-12,24H,2-5,19H2,1H3,(H2,20,26)(H,22,23,25)/t11-,12+/m0/s1. The molecule has 1 aliphatic rings. The van der Waals surface area contributed by atoms with Crippen LogP contribution in [-0.2, 0) is 0 Å². The molecule has 0 aliphatic heterocycles. The normalized spacial score (nSPS) is 19.8. The summed E-state index contributed by atoms with van der Waals surface area (Å²) in [7, 11) is 0. The van der Waals surface area contributed by atoms with E-state index < -0.39 is 5.91 Å². The maximum Gasteiger partial charge on any atom is 0.269 e. The second kappa shape index (κ2) is 7.84. The summed E-state index contributed by atoms with van der Waals surface area (Å²) in [6, 6.07) is 3.61. The van der Waals surface area contributed by atoms with Crippen molar-refractivity contribution >= 4 is 34.7 Å². The van der Waals surface area contributed by atoms with Crippen LogP contribution in [0.2, 0.25) is 5.15 Å². The van der Waals surface area contributed by atoms with E-state index in [0.29, 0.717) is 22.5 Å². The number of nitrogens with one attached hydrogen (secondary N) is 2. The maximum atomic E-state index is 11.7. The highest BCUT2D eigenvalue weighted by Gasteiger charge is 2.22. The van der Waals surface area contributed by atoms with Crippen molar-refractivity contribution in [3.8, 4) is 0 Å². The number of aryl methyl sites for hydroxylation is 1. The Labute approximate surface area is 156 Å². The number of hydrogen-bond acceptors (Lipinski definition) is 7. The number of carbonyl (C=O) groups is 1. The molecule has 2 aromatic heterocycles. The lowest BCUT2D eigenvalue weighted by Gasteiger charge is -2.30. The number of nitrogens with two attached hydrogens (primary N) is 2. The first-order chi connectivity index (χ1) is 12.4. The van der Waals surface area contributed by atoms with E-state index in [1.807, 2.05) is 0 Å². The fraction of sp³-hybridized carbons (Fsp3) is 0.412. The Morgan fingerprint density at radius 1 is 1.27 bits per heavy atom. The third kappa shape index (κ3) is 4.39. The third-order valence-electron chi connectivity index (χ3n) is 4.36. The molecule has 0 aromatic carbocycles. The van der Waals surface area contributed by atoms with Crippen LogP contribution in [0.5, 0.6) is 0 Å². The topological polar surface area (TPSA) is 132 Å². The molecule has 3 rings (SSSR count). The summed E-state index contributed by atoms with van der Waals surface area (Å²) in [6.07, 6.45) is 5.88. The monoisotopic (exact) mass is 375 g/mol. The average molecular weight is 376 g/mol. The number of rotatable bonds is 5. The Morgan fingerprint density at radius 2 is 2.04 bits per heavy atom. The molecule has 0 bridgehead atoms. The fourth-order valence-electron chi connectivity index (χ4n) is 3.12. The number of halogens is 1. The van der Waals surface area contributed by atoms with Crippen LogP contribution in [0.4, 0.5) is 17.2 Å². The Morgan fingerprint density at radius 3 is 2.73 bits per heavy atom. The highest BCUT2D eigenvalue weighted by molar-refractivity contribution is 6.29. The van der Waals surface area contributed by atoms with Gasteiger partial charge in [0.2, 0.25) is 0 Å². The molecule has 9 heteroatoms. The molecular formula is C17H22ClN7O. The maximum absolute atomic E-state index is 11.7. The Bertz CT molecular complexity index is 793. The zero-order valence-corrected chi connectivity index (χ0v) is 15.3. The number of pyridine rings is 1. The van der Waals surface area contributed by atoms with Gasteiger partial charge in [-0.15, -0.1) is 0 Å². The molecule has 1 fully saturated rings. The summed E-state index contributed by atoms with van der Waals surface area (Å²) in [5.74, 6) is 0.333. The van der Waals surface area contributed by atoms with Crippen molar-refractivity contribution in [2.45, 2.75) is 44.7 Å². The van der Waals surface area contributed by atoms with Crippen molar-refractivity contribution in [3.63, 3.8) is 0 Å². The van der Waals surface area contributed by atoms with Crippen LogP contribution < -0.4 is 22.1 Å². The predicted molar refractivity (Wildman–Crippen MR) is 102 cm³/mol. The molecule has 2 heterocycles. The summed E-state index contributed by atoms with van der Waals surface area (Å²) >= 11 is 5.97. The minimum Gasteiger partial charge on any atom is -0.379 e. The minimum atomic E-state index is -0.634. The number of amides is 1. The lowest BCUT2D eigenvalue weighted by molar-refractivity contribution is 0.0996. The van der Waals surface area contributed by atoms with Crippen molar-refractivity contribution < 1.29 is 4.79 Å². The van der Waals surface area contributed by atoms with Crippen LogP contribution >= 0.6 is 11.6 Å². The van der Waals surface area contributed by atoms with Crippen molar-refractivity contribution in [2.24, 2.45) is 11.5 Å². The zero-order valence-electron chi connectivity index (χ0n) is 14.5. The molecule has 1 aliphatic carbocycles. The summed E-state index contributed by atoms with van der Waals surface area (Å²) in [5.41, 5.74) is 13.0. The average Bonchev–Trinajstić information content (AvgIpc) is 2.56. The third-order valence-corrected chi connectivity index (χ3v) is 4.56.